The number of nitrogens with one attached hydrogen (secondary N) is 1. The lowest BCUT2D eigenvalue weighted by Gasteiger charge is -1.84. The second-order valence-electron chi connectivity index (χ2n) is 2.06. The zero-order valence-electron chi connectivity index (χ0n) is 7.96. The molecular formula is C10H16N2. The summed E-state index contributed by atoms with van der Waals surface area (Å²) in [6, 6.07) is 0. The summed E-state index contributed by atoms with van der Waals surface area (Å²) in [5.74, 6) is 0. The van der Waals surface area contributed by atoms with Crippen molar-refractivity contribution in [1.29, 1.82) is 0 Å². The number of aryl methyl sites for hydroxylation is 1. The lowest BCUT2D eigenvalue weighted by molar-refractivity contribution is 1.08. The van der Waals surface area contributed by atoms with E-state index in [9.17, 15) is 0 Å². The van der Waals surface area contributed by atoms with Gasteiger partial charge in [0.2, 0.25) is 0 Å². The predicted molar refractivity (Wildman–Crippen MR) is 53.9 cm³/mol. The summed E-state index contributed by atoms with van der Waals surface area (Å²) in [7, 11) is 0. The van der Waals surface area contributed by atoms with E-state index in [1.54, 1.807) is 12.3 Å². The van der Waals surface area contributed by atoms with E-state index in [1.165, 1.54) is 0 Å². The van der Waals surface area contributed by atoms with Gasteiger partial charge in [0.25, 0.3) is 0 Å². The van der Waals surface area contributed by atoms with Crippen LogP contribution in [0.1, 0.15) is 25.1 Å². The van der Waals surface area contributed by atoms with Crippen molar-refractivity contribution in [1.82, 2.24) is 10.2 Å². The Balaban J connectivity index is 0.000000561. The van der Waals surface area contributed by atoms with Gasteiger partial charge in [-0.1, -0.05) is 32.6 Å². The van der Waals surface area contributed by atoms with E-state index in [2.05, 4.69) is 16.8 Å². The van der Waals surface area contributed by atoms with Crippen LogP contribution < -0.4 is 0 Å². The molecule has 0 saturated heterocycles. The molecule has 12 heavy (non-hydrogen) atoms. The van der Waals surface area contributed by atoms with Gasteiger partial charge in [0.15, 0.2) is 0 Å². The first-order valence-electron chi connectivity index (χ1n) is 4.13. The molecule has 0 unspecified atom stereocenters. The van der Waals surface area contributed by atoms with Crippen molar-refractivity contribution in [3.05, 3.63) is 36.2 Å². The van der Waals surface area contributed by atoms with Crippen LogP contribution >= 0.6 is 0 Å². The normalized spacial score (nSPS) is 9.25. The van der Waals surface area contributed by atoms with Crippen LogP contribution in [0.4, 0.5) is 0 Å². The Hall–Kier alpha value is -1.31. The minimum absolute atomic E-state index is 1.04. The van der Waals surface area contributed by atoms with Gasteiger partial charge in [-0.3, -0.25) is 5.10 Å². The number of aromatic nitrogens is 2. The average molecular weight is 164 g/mol. The van der Waals surface area contributed by atoms with E-state index in [0.29, 0.717) is 0 Å². The second kappa shape index (κ2) is 6.40. The standard InChI is InChI=1S/C8H10N2.C2H6/c1-3-4-5-8-7(2)6-9-10-8;1-2/h3-6H,1H2,2H3,(H,9,10);1-2H3/b5-4-;. The molecule has 1 N–H and O–H groups in total. The first kappa shape index (κ1) is 10.7. The van der Waals surface area contributed by atoms with E-state index in [-0.39, 0.29) is 0 Å². The molecule has 0 aliphatic carbocycles. The van der Waals surface area contributed by atoms with Crippen LogP contribution in [0.15, 0.2) is 24.9 Å². The van der Waals surface area contributed by atoms with E-state index >= 15 is 0 Å². The largest absolute Gasteiger partial charge is 0.278 e. The molecular weight excluding hydrogens is 148 g/mol. The van der Waals surface area contributed by atoms with Gasteiger partial charge in [0.1, 0.15) is 0 Å². The first-order valence-corrected chi connectivity index (χ1v) is 4.13. The zero-order chi connectivity index (χ0) is 9.40. The second-order valence-corrected chi connectivity index (χ2v) is 2.06. The SMILES string of the molecule is C=C/C=C\c1[nH]ncc1C.CC. The Morgan fingerprint density at radius 3 is 2.58 bits per heavy atom. The fourth-order valence-corrected chi connectivity index (χ4v) is 0.689. The van der Waals surface area contributed by atoms with Gasteiger partial charge in [-0.25, -0.2) is 0 Å². The van der Waals surface area contributed by atoms with Gasteiger partial charge in [0, 0.05) is 0 Å². The molecule has 0 aromatic carbocycles. The van der Waals surface area contributed by atoms with Crippen molar-refractivity contribution < 1.29 is 0 Å². The summed E-state index contributed by atoms with van der Waals surface area (Å²) in [6.45, 7) is 9.57. The van der Waals surface area contributed by atoms with Crippen molar-refractivity contribution in [3.8, 4) is 0 Å². The molecule has 0 aliphatic heterocycles. The Morgan fingerprint density at radius 1 is 1.50 bits per heavy atom. The van der Waals surface area contributed by atoms with Crippen molar-refractivity contribution in [2.75, 3.05) is 0 Å². The molecule has 0 aliphatic rings. The van der Waals surface area contributed by atoms with Gasteiger partial charge in [-0.15, -0.1) is 0 Å². The Morgan fingerprint density at radius 2 is 2.17 bits per heavy atom. The lowest BCUT2D eigenvalue weighted by Crippen LogP contribution is -1.73. The quantitative estimate of drug-likeness (QED) is 0.669. The molecule has 0 radical (unpaired) electrons. The van der Waals surface area contributed by atoms with Crippen molar-refractivity contribution in [2.24, 2.45) is 0 Å². The third-order valence-corrected chi connectivity index (χ3v) is 1.27. The maximum Gasteiger partial charge on any atom is 0.0606 e. The molecule has 1 heterocycles. The van der Waals surface area contributed by atoms with E-state index in [4.69, 9.17) is 0 Å². The van der Waals surface area contributed by atoms with Crippen LogP contribution in [-0.4, -0.2) is 10.2 Å². The fourth-order valence-electron chi connectivity index (χ4n) is 0.689. The highest BCUT2D eigenvalue weighted by Gasteiger charge is 1.91. The summed E-state index contributed by atoms with van der Waals surface area (Å²) in [4.78, 5) is 0. The maximum atomic E-state index is 3.86. The minimum Gasteiger partial charge on any atom is -0.278 e. The molecule has 2 nitrogen and oxygen atoms in total. The highest BCUT2D eigenvalue weighted by atomic mass is 15.1. The molecule has 1 rings (SSSR count). The smallest absolute Gasteiger partial charge is 0.0606 e. The number of H-pyrrole nitrogens is 1. The van der Waals surface area contributed by atoms with E-state index in [1.807, 2.05) is 32.9 Å². The van der Waals surface area contributed by atoms with Crippen LogP contribution in [0.2, 0.25) is 0 Å². The third-order valence-electron chi connectivity index (χ3n) is 1.27. The highest BCUT2D eigenvalue weighted by molar-refractivity contribution is 5.49. The number of aromatic amines is 1. The highest BCUT2D eigenvalue weighted by Crippen LogP contribution is 2.03. The molecule has 66 valence electrons. The summed E-state index contributed by atoms with van der Waals surface area (Å²) < 4.78 is 0. The number of nitrogens with zero attached hydrogens (tertiary/aromatic N) is 1. The van der Waals surface area contributed by atoms with Crippen LogP contribution in [0.3, 0.4) is 0 Å². The van der Waals surface area contributed by atoms with Gasteiger partial charge in [-0.05, 0) is 18.6 Å². The van der Waals surface area contributed by atoms with Crippen LogP contribution in [0.25, 0.3) is 6.08 Å². The maximum absolute atomic E-state index is 3.86. The lowest BCUT2D eigenvalue weighted by atomic mass is 10.2. The molecule has 0 saturated carbocycles. The van der Waals surface area contributed by atoms with Gasteiger partial charge < -0.3 is 0 Å². The van der Waals surface area contributed by atoms with Crippen LogP contribution in [0.5, 0.6) is 0 Å². The van der Waals surface area contributed by atoms with Crippen molar-refractivity contribution in [3.63, 3.8) is 0 Å². The van der Waals surface area contributed by atoms with E-state index in [0.717, 1.165) is 11.3 Å². The van der Waals surface area contributed by atoms with Crippen molar-refractivity contribution >= 4 is 6.08 Å². The predicted octanol–water partition coefficient (Wildman–Crippen LogP) is 2.94. The molecule has 1 aromatic rings. The number of rotatable bonds is 2. The monoisotopic (exact) mass is 164 g/mol. The number of hydrogen-bond donors (Lipinski definition) is 1. The minimum atomic E-state index is 1.04. The summed E-state index contributed by atoms with van der Waals surface area (Å²) in [5, 5.41) is 6.72. The zero-order valence-corrected chi connectivity index (χ0v) is 7.96. The Bertz CT molecular complexity index is 246. The Labute approximate surface area is 74.0 Å². The van der Waals surface area contributed by atoms with Crippen LogP contribution in [-0.2, 0) is 0 Å². The first-order chi connectivity index (χ1) is 5.84. The summed E-state index contributed by atoms with van der Waals surface area (Å²) in [6.07, 6.45) is 7.35. The summed E-state index contributed by atoms with van der Waals surface area (Å²) >= 11 is 0. The third kappa shape index (κ3) is 3.19. The van der Waals surface area contributed by atoms with Gasteiger partial charge in [0.05, 0.1) is 11.9 Å². The fraction of sp³-hybridized carbons (Fsp3) is 0.300. The molecule has 0 atom stereocenters. The van der Waals surface area contributed by atoms with Gasteiger partial charge in [-0.2, -0.15) is 5.10 Å². The molecule has 0 fully saturated rings. The molecule has 0 spiro atoms. The molecule has 1 aromatic heterocycles. The molecule has 0 bridgehead atoms. The molecule has 2 heteroatoms. The van der Waals surface area contributed by atoms with Crippen LogP contribution in [0, 0.1) is 6.92 Å². The number of allylic oxidation sites excluding steroid dienone is 2. The molecule has 0 amide bonds. The van der Waals surface area contributed by atoms with Gasteiger partial charge >= 0.3 is 0 Å². The Kier molecular flexibility index (Phi) is 5.70. The average Bonchev–Trinajstić information content (AvgIpc) is 2.51. The van der Waals surface area contributed by atoms with E-state index < -0.39 is 0 Å². The topological polar surface area (TPSA) is 28.7 Å². The number of hydrogen-bond acceptors (Lipinski definition) is 1. The van der Waals surface area contributed by atoms with Crippen molar-refractivity contribution in [2.45, 2.75) is 20.8 Å². The summed E-state index contributed by atoms with van der Waals surface area (Å²) in [5.41, 5.74) is 2.19.